The monoisotopic (exact) mass is 228 g/mol. The molecular formula is C11H11F3N2. The Morgan fingerprint density at radius 3 is 2.38 bits per heavy atom. The van der Waals surface area contributed by atoms with E-state index in [-0.39, 0.29) is 5.41 Å². The van der Waals surface area contributed by atoms with E-state index in [2.05, 4.69) is 16.9 Å². The molecule has 3 aliphatic carbocycles. The number of alkyl halides is 3. The number of nitrogens with zero attached hydrogens (tertiary/aromatic N) is 2. The minimum Gasteiger partial charge on any atom is -0.233 e. The maximum Gasteiger partial charge on any atom is 0.451 e. The molecule has 0 radical (unpaired) electrons. The van der Waals surface area contributed by atoms with Crippen molar-refractivity contribution in [3.63, 3.8) is 0 Å². The molecule has 86 valence electrons. The van der Waals surface area contributed by atoms with Crippen LogP contribution in [0.3, 0.4) is 0 Å². The van der Waals surface area contributed by atoms with E-state index < -0.39 is 12.0 Å². The molecule has 16 heavy (non-hydrogen) atoms. The van der Waals surface area contributed by atoms with Gasteiger partial charge < -0.3 is 0 Å². The summed E-state index contributed by atoms with van der Waals surface area (Å²) in [5.41, 5.74) is 0.861. The van der Waals surface area contributed by atoms with Crippen LogP contribution >= 0.6 is 0 Å². The number of hydrogen-bond acceptors (Lipinski definition) is 2. The van der Waals surface area contributed by atoms with Crippen molar-refractivity contribution in [2.45, 2.75) is 37.8 Å². The molecule has 1 heterocycles. The average molecular weight is 228 g/mol. The lowest BCUT2D eigenvalue weighted by molar-refractivity contribution is -0.148. The lowest BCUT2D eigenvalue weighted by Crippen LogP contribution is -2.63. The molecule has 0 saturated heterocycles. The molecule has 0 N–H and O–H groups in total. The van der Waals surface area contributed by atoms with Gasteiger partial charge in [0.2, 0.25) is 5.82 Å². The van der Waals surface area contributed by atoms with Crippen molar-refractivity contribution in [1.29, 1.82) is 0 Å². The van der Waals surface area contributed by atoms with Gasteiger partial charge in [-0.2, -0.15) is 13.2 Å². The van der Waals surface area contributed by atoms with E-state index in [1.165, 1.54) is 6.20 Å². The van der Waals surface area contributed by atoms with Gasteiger partial charge in [0.25, 0.3) is 0 Å². The molecule has 0 atom stereocenters. The topological polar surface area (TPSA) is 25.8 Å². The molecule has 3 saturated carbocycles. The average Bonchev–Trinajstić information content (AvgIpc) is 2.10. The van der Waals surface area contributed by atoms with Gasteiger partial charge >= 0.3 is 6.18 Å². The molecule has 0 aliphatic heterocycles. The van der Waals surface area contributed by atoms with Crippen LogP contribution < -0.4 is 0 Å². The van der Waals surface area contributed by atoms with Gasteiger partial charge in [0.05, 0.1) is 5.69 Å². The fraction of sp³-hybridized carbons (Fsp3) is 0.636. The summed E-state index contributed by atoms with van der Waals surface area (Å²) in [7, 11) is 0. The molecule has 0 spiro atoms. The van der Waals surface area contributed by atoms with Crippen LogP contribution in [0, 0.1) is 5.41 Å². The Morgan fingerprint density at radius 2 is 1.88 bits per heavy atom. The lowest BCUT2D eigenvalue weighted by atomic mass is 9.35. The van der Waals surface area contributed by atoms with Crippen molar-refractivity contribution in [3.8, 4) is 0 Å². The molecular weight excluding hydrogens is 217 g/mol. The van der Waals surface area contributed by atoms with Gasteiger partial charge in [-0.15, -0.1) is 0 Å². The van der Waals surface area contributed by atoms with Crippen molar-refractivity contribution < 1.29 is 13.2 Å². The maximum absolute atomic E-state index is 12.4. The second-order valence-electron chi connectivity index (χ2n) is 5.38. The predicted molar refractivity (Wildman–Crippen MR) is 50.7 cm³/mol. The van der Waals surface area contributed by atoms with Crippen LogP contribution in [0.2, 0.25) is 0 Å². The second kappa shape index (κ2) is 2.57. The van der Waals surface area contributed by atoms with Gasteiger partial charge in [0.1, 0.15) is 0 Å². The standard InChI is InChI=1S/C11H11F3N2/c1-9-4-10(5-9,6-9)7-2-3-15-8(16-7)11(12,13)14/h2-3H,4-6H2,1H3. The predicted octanol–water partition coefficient (Wildman–Crippen LogP) is 2.94. The normalized spacial score (nSPS) is 36.5. The van der Waals surface area contributed by atoms with Crippen LogP contribution in [-0.2, 0) is 11.6 Å². The molecule has 3 aliphatic rings. The molecule has 4 rings (SSSR count). The van der Waals surface area contributed by atoms with Gasteiger partial charge in [-0.3, -0.25) is 0 Å². The number of rotatable bonds is 1. The summed E-state index contributed by atoms with van der Waals surface area (Å²) in [4.78, 5) is 6.95. The number of hydrogen-bond donors (Lipinski definition) is 0. The summed E-state index contributed by atoms with van der Waals surface area (Å²) in [6.45, 7) is 2.17. The zero-order valence-electron chi connectivity index (χ0n) is 8.80. The third-order valence-corrected chi connectivity index (χ3v) is 3.75. The van der Waals surface area contributed by atoms with Crippen LogP contribution in [0.15, 0.2) is 12.3 Å². The van der Waals surface area contributed by atoms with E-state index in [0.717, 1.165) is 19.3 Å². The highest BCUT2D eigenvalue weighted by Gasteiger charge is 2.66. The summed E-state index contributed by atoms with van der Waals surface area (Å²) < 4.78 is 37.3. The first kappa shape index (κ1) is 10.1. The molecule has 1 aromatic heterocycles. The summed E-state index contributed by atoms with van der Waals surface area (Å²) in [5, 5.41) is 0. The molecule has 0 unspecified atom stereocenters. The molecule has 0 amide bonds. The van der Waals surface area contributed by atoms with Crippen molar-refractivity contribution in [3.05, 3.63) is 23.8 Å². The van der Waals surface area contributed by atoms with Crippen molar-refractivity contribution in [1.82, 2.24) is 9.97 Å². The molecule has 0 aromatic carbocycles. The highest BCUT2D eigenvalue weighted by molar-refractivity contribution is 5.33. The van der Waals surface area contributed by atoms with Gasteiger partial charge in [0.15, 0.2) is 0 Å². The van der Waals surface area contributed by atoms with Crippen LogP contribution in [0.25, 0.3) is 0 Å². The van der Waals surface area contributed by atoms with Crippen LogP contribution in [0.5, 0.6) is 0 Å². The van der Waals surface area contributed by atoms with E-state index in [1.807, 2.05) is 0 Å². The third kappa shape index (κ3) is 1.20. The summed E-state index contributed by atoms with van der Waals surface area (Å²) in [6, 6.07) is 1.62. The van der Waals surface area contributed by atoms with Crippen LogP contribution in [0.1, 0.15) is 37.7 Å². The number of halogens is 3. The van der Waals surface area contributed by atoms with Crippen molar-refractivity contribution >= 4 is 0 Å². The highest BCUT2D eigenvalue weighted by Crippen LogP contribution is 2.73. The minimum atomic E-state index is -4.44. The first-order valence-corrected chi connectivity index (χ1v) is 5.24. The Bertz CT molecular complexity index is 433. The zero-order valence-corrected chi connectivity index (χ0v) is 8.80. The first-order valence-electron chi connectivity index (χ1n) is 5.24. The highest BCUT2D eigenvalue weighted by atomic mass is 19.4. The van der Waals surface area contributed by atoms with Gasteiger partial charge in [-0.25, -0.2) is 9.97 Å². The zero-order chi connectivity index (χ0) is 11.6. The van der Waals surface area contributed by atoms with Crippen LogP contribution in [-0.4, -0.2) is 9.97 Å². The van der Waals surface area contributed by atoms with E-state index >= 15 is 0 Å². The summed E-state index contributed by atoms with van der Waals surface area (Å²) in [5.74, 6) is -1.01. The van der Waals surface area contributed by atoms with E-state index in [4.69, 9.17) is 0 Å². The quantitative estimate of drug-likeness (QED) is 0.738. The SMILES string of the molecule is CC12CC(c3ccnc(C(F)(F)F)n3)(C1)C2. The maximum atomic E-state index is 12.4. The van der Waals surface area contributed by atoms with Crippen molar-refractivity contribution in [2.75, 3.05) is 0 Å². The Kier molecular flexibility index (Phi) is 1.62. The van der Waals surface area contributed by atoms with E-state index in [9.17, 15) is 13.2 Å². The van der Waals surface area contributed by atoms with Crippen molar-refractivity contribution in [2.24, 2.45) is 5.41 Å². The van der Waals surface area contributed by atoms with E-state index in [1.54, 1.807) is 6.07 Å². The largest absolute Gasteiger partial charge is 0.451 e. The van der Waals surface area contributed by atoms with E-state index in [0.29, 0.717) is 11.1 Å². The molecule has 2 nitrogen and oxygen atoms in total. The first-order chi connectivity index (χ1) is 7.33. The fourth-order valence-corrected chi connectivity index (χ4v) is 3.36. The van der Waals surface area contributed by atoms with Gasteiger partial charge in [-0.1, -0.05) is 6.92 Å². The second-order valence-corrected chi connectivity index (χ2v) is 5.38. The van der Waals surface area contributed by atoms with Crippen LogP contribution in [0.4, 0.5) is 13.2 Å². The Balaban J connectivity index is 1.93. The Hall–Kier alpha value is -1.13. The van der Waals surface area contributed by atoms with Gasteiger partial charge in [-0.05, 0) is 30.7 Å². The summed E-state index contributed by atoms with van der Waals surface area (Å²) in [6.07, 6.45) is -0.325. The Morgan fingerprint density at radius 1 is 1.25 bits per heavy atom. The molecule has 5 heteroatoms. The Labute approximate surface area is 90.9 Å². The summed E-state index contributed by atoms with van der Waals surface area (Å²) >= 11 is 0. The molecule has 2 bridgehead atoms. The fourth-order valence-electron chi connectivity index (χ4n) is 3.36. The minimum absolute atomic E-state index is 0.0717. The smallest absolute Gasteiger partial charge is 0.233 e. The third-order valence-electron chi connectivity index (χ3n) is 3.75. The van der Waals surface area contributed by atoms with Gasteiger partial charge in [0, 0.05) is 11.6 Å². The molecule has 1 aromatic rings. The number of aromatic nitrogens is 2. The molecule has 3 fully saturated rings. The lowest BCUT2D eigenvalue weighted by Gasteiger charge is -2.69.